The van der Waals surface area contributed by atoms with Gasteiger partial charge in [0.1, 0.15) is 0 Å². The van der Waals surface area contributed by atoms with E-state index in [1.165, 1.54) is 5.56 Å². The predicted molar refractivity (Wildman–Crippen MR) is 163 cm³/mol. The number of benzene rings is 1. The topological polar surface area (TPSA) is 167 Å². The average molecular weight is 770 g/mol. The van der Waals surface area contributed by atoms with Crippen LogP contribution in [-0.4, -0.2) is 109 Å². The zero-order chi connectivity index (χ0) is 39.7. The van der Waals surface area contributed by atoms with Crippen molar-refractivity contribution in [3.8, 4) is 22.6 Å². The molecule has 0 saturated carbocycles. The van der Waals surface area contributed by atoms with Gasteiger partial charge in [-0.3, -0.25) is 14.8 Å². The zero-order valence-corrected chi connectivity index (χ0v) is 27.0. The number of piperazine rings is 1. The van der Waals surface area contributed by atoms with Gasteiger partial charge in [-0.2, -0.15) is 39.5 Å². The maximum Gasteiger partial charge on any atom is 0.490 e. The highest BCUT2D eigenvalue weighted by molar-refractivity contribution is 5.73. The second-order valence-electron chi connectivity index (χ2n) is 10.9. The number of hydrogen-bond donors (Lipinski definition) is 3. The van der Waals surface area contributed by atoms with Crippen LogP contribution in [0.5, 0.6) is 11.5 Å². The minimum absolute atomic E-state index is 0.243. The molecule has 0 bridgehead atoms. The van der Waals surface area contributed by atoms with Gasteiger partial charge in [0.05, 0.1) is 23.6 Å². The molecule has 0 aliphatic carbocycles. The van der Waals surface area contributed by atoms with Gasteiger partial charge < -0.3 is 29.2 Å². The number of pyridine rings is 2. The number of fused-ring (bicyclic) bond motifs is 2. The van der Waals surface area contributed by atoms with Gasteiger partial charge in [0.2, 0.25) is 6.79 Å². The molecule has 53 heavy (non-hydrogen) atoms. The van der Waals surface area contributed by atoms with E-state index in [9.17, 15) is 39.5 Å². The molecule has 13 nitrogen and oxygen atoms in total. The van der Waals surface area contributed by atoms with E-state index in [4.69, 9.17) is 44.2 Å². The minimum atomic E-state index is -5.08. The third-order valence-corrected chi connectivity index (χ3v) is 7.17. The number of hydrogen-bond acceptors (Lipinski definition) is 9. The first-order valence-corrected chi connectivity index (χ1v) is 14.7. The number of nitrogens with zero attached hydrogens (tertiary/aromatic N) is 5. The fourth-order valence-corrected chi connectivity index (χ4v) is 4.65. The molecule has 3 N–H and O–H groups in total. The quantitative estimate of drug-likeness (QED) is 0.223. The average Bonchev–Trinajstić information content (AvgIpc) is 3.72. The number of rotatable bonds is 4. The Balaban J connectivity index is 0.000000296. The molecule has 6 rings (SSSR count). The number of ether oxygens (including phenoxy) is 2. The SMILES string of the molecule is CN1CCN(Cc2ccc3c(c2)OCO3)CC1c1ncn2cc(-c3cccnc3)ccc12.O=C(O)C(F)(F)F.O=C(O)C(F)(F)F.O=C(O)C(F)(F)F. The molecule has 22 heteroatoms. The first-order valence-electron chi connectivity index (χ1n) is 14.7. The standard InChI is InChI=1S/C25H25N5O2.3C2HF3O2/c1-28-9-10-29(13-18-4-7-23-24(11-18)32-17-31-23)15-22(28)25-21-6-5-20(14-30(21)16-27-25)19-3-2-8-26-12-19;3*3-2(4,5)1(6)7/h2-8,11-12,14,16,22H,9-10,13,15,17H2,1H3;3*(H,6,7). The Hall–Kier alpha value is -5.64. The molecule has 2 aliphatic heterocycles. The lowest BCUT2D eigenvalue weighted by Crippen LogP contribution is -2.46. The molecule has 1 aromatic carbocycles. The second kappa shape index (κ2) is 17.3. The molecular weight excluding hydrogens is 741 g/mol. The Morgan fingerprint density at radius 1 is 0.811 bits per heavy atom. The minimum Gasteiger partial charge on any atom is -0.475 e. The molecule has 288 valence electrons. The maximum atomic E-state index is 10.6. The maximum absolute atomic E-state index is 10.6. The fraction of sp³-hybridized carbons (Fsp3) is 0.323. The smallest absolute Gasteiger partial charge is 0.475 e. The molecular formula is C31H28F9N5O8. The van der Waals surface area contributed by atoms with E-state index in [0.29, 0.717) is 6.79 Å². The van der Waals surface area contributed by atoms with E-state index in [1.807, 2.05) is 24.7 Å². The normalized spacial score (nSPS) is 15.9. The van der Waals surface area contributed by atoms with Crippen LogP contribution >= 0.6 is 0 Å². The highest BCUT2D eigenvalue weighted by Gasteiger charge is 2.39. The van der Waals surface area contributed by atoms with Crippen LogP contribution in [0.2, 0.25) is 0 Å². The van der Waals surface area contributed by atoms with Crippen molar-refractivity contribution < 1.29 is 78.7 Å². The summed E-state index contributed by atoms with van der Waals surface area (Å²) >= 11 is 0. The number of halogens is 9. The van der Waals surface area contributed by atoms with Crippen LogP contribution in [0.4, 0.5) is 39.5 Å². The number of aliphatic carboxylic acids is 3. The summed E-state index contributed by atoms with van der Waals surface area (Å²) in [6, 6.07) is 14.9. The summed E-state index contributed by atoms with van der Waals surface area (Å²) in [5.74, 6) is -6.59. The molecule has 1 unspecified atom stereocenters. The largest absolute Gasteiger partial charge is 0.490 e. The van der Waals surface area contributed by atoms with Crippen molar-refractivity contribution in [2.24, 2.45) is 0 Å². The van der Waals surface area contributed by atoms with Crippen molar-refractivity contribution in [3.63, 3.8) is 0 Å². The molecule has 0 amide bonds. The highest BCUT2D eigenvalue weighted by atomic mass is 19.4. The van der Waals surface area contributed by atoms with Gasteiger partial charge in [-0.25, -0.2) is 19.4 Å². The van der Waals surface area contributed by atoms with Crippen LogP contribution in [0.3, 0.4) is 0 Å². The van der Waals surface area contributed by atoms with Crippen molar-refractivity contribution in [2.45, 2.75) is 31.1 Å². The number of carbonyl (C=O) groups is 3. The lowest BCUT2D eigenvalue weighted by atomic mass is 10.1. The van der Waals surface area contributed by atoms with Crippen molar-refractivity contribution in [3.05, 3.63) is 78.6 Å². The first-order chi connectivity index (χ1) is 24.6. The number of carboxylic acids is 3. The zero-order valence-electron chi connectivity index (χ0n) is 27.0. The van der Waals surface area contributed by atoms with Gasteiger partial charge in [-0.1, -0.05) is 18.2 Å². The van der Waals surface area contributed by atoms with Gasteiger partial charge >= 0.3 is 36.4 Å². The molecule has 1 saturated heterocycles. The second-order valence-corrected chi connectivity index (χ2v) is 10.9. The van der Waals surface area contributed by atoms with Crippen molar-refractivity contribution in [2.75, 3.05) is 33.5 Å². The Morgan fingerprint density at radius 2 is 1.40 bits per heavy atom. The van der Waals surface area contributed by atoms with Crippen LogP contribution < -0.4 is 9.47 Å². The van der Waals surface area contributed by atoms with Crippen LogP contribution in [0.1, 0.15) is 17.3 Å². The first kappa shape index (κ1) is 41.8. The van der Waals surface area contributed by atoms with Crippen molar-refractivity contribution in [1.82, 2.24) is 24.2 Å². The number of carboxylic acid groups (broad SMARTS) is 3. The summed E-state index contributed by atoms with van der Waals surface area (Å²) < 4.78 is 108. The third kappa shape index (κ3) is 12.2. The Morgan fingerprint density at radius 3 is 1.94 bits per heavy atom. The van der Waals surface area contributed by atoms with Gasteiger partial charge in [-0.05, 0) is 42.4 Å². The number of imidazole rings is 1. The number of likely N-dealkylation sites (N-methyl/N-ethyl adjacent to an activating group) is 1. The molecule has 1 atom stereocenters. The predicted octanol–water partition coefficient (Wildman–Crippen LogP) is 5.51. The van der Waals surface area contributed by atoms with Gasteiger partial charge in [0, 0.05) is 50.3 Å². The lowest BCUT2D eigenvalue weighted by molar-refractivity contribution is -0.193. The summed E-state index contributed by atoms with van der Waals surface area (Å²) in [6.07, 6.45) is -7.50. The van der Waals surface area contributed by atoms with Crippen molar-refractivity contribution in [1.29, 1.82) is 0 Å². The van der Waals surface area contributed by atoms with E-state index >= 15 is 0 Å². The number of aromatic nitrogens is 3. The van der Waals surface area contributed by atoms with Crippen molar-refractivity contribution >= 4 is 23.4 Å². The van der Waals surface area contributed by atoms with Crippen LogP contribution in [-0.2, 0) is 20.9 Å². The fourth-order valence-electron chi connectivity index (χ4n) is 4.65. The Labute approximate surface area is 292 Å². The molecule has 4 aromatic rings. The Bertz CT molecular complexity index is 1810. The van der Waals surface area contributed by atoms with E-state index < -0.39 is 36.4 Å². The van der Waals surface area contributed by atoms with E-state index in [2.05, 4.69) is 62.8 Å². The highest BCUT2D eigenvalue weighted by Crippen LogP contribution is 2.34. The van der Waals surface area contributed by atoms with Gasteiger partial charge in [0.15, 0.2) is 11.5 Å². The van der Waals surface area contributed by atoms with Crippen LogP contribution in [0.15, 0.2) is 67.4 Å². The summed E-state index contributed by atoms with van der Waals surface area (Å²) in [7, 11) is 2.19. The van der Waals surface area contributed by atoms with Gasteiger partial charge in [0.25, 0.3) is 0 Å². The van der Waals surface area contributed by atoms with E-state index in [1.54, 1.807) is 6.20 Å². The summed E-state index contributed by atoms with van der Waals surface area (Å²) in [6.45, 7) is 4.16. The monoisotopic (exact) mass is 769 g/mol. The molecule has 0 radical (unpaired) electrons. The molecule has 1 fully saturated rings. The van der Waals surface area contributed by atoms with E-state index in [-0.39, 0.29) is 6.04 Å². The molecule has 5 heterocycles. The summed E-state index contributed by atoms with van der Waals surface area (Å²) in [4.78, 5) is 40.7. The lowest BCUT2D eigenvalue weighted by Gasteiger charge is -2.39. The summed E-state index contributed by atoms with van der Waals surface area (Å²) in [5, 5.41) is 21.4. The van der Waals surface area contributed by atoms with Gasteiger partial charge in [-0.15, -0.1) is 0 Å². The molecule has 0 spiro atoms. The van der Waals surface area contributed by atoms with E-state index in [0.717, 1.165) is 60.0 Å². The van der Waals surface area contributed by atoms with Crippen LogP contribution in [0, 0.1) is 0 Å². The van der Waals surface area contributed by atoms with Crippen LogP contribution in [0.25, 0.3) is 16.6 Å². The summed E-state index contributed by atoms with van der Waals surface area (Å²) in [5.41, 5.74) is 5.76. The Kier molecular flexibility index (Phi) is 13.6. The molecule has 3 aromatic heterocycles. The number of alkyl halides is 9. The third-order valence-electron chi connectivity index (χ3n) is 7.17. The molecule has 2 aliphatic rings.